The molecule has 94 valence electrons. The Morgan fingerprint density at radius 1 is 1.06 bits per heavy atom. The van der Waals surface area contributed by atoms with Crippen LogP contribution in [0.3, 0.4) is 0 Å². The minimum atomic E-state index is 0.399. The number of nitrogens with zero attached hydrogens (tertiary/aromatic N) is 1. The first-order chi connectivity index (χ1) is 7.21. The number of hydrogen-bond acceptors (Lipinski definition) is 2. The second-order valence-corrected chi connectivity index (χ2v) is 7.14. The van der Waals surface area contributed by atoms with Gasteiger partial charge in [0.05, 0.1) is 0 Å². The Morgan fingerprint density at radius 3 is 2.00 bits per heavy atom. The third-order valence-electron chi connectivity index (χ3n) is 5.96. The van der Waals surface area contributed by atoms with E-state index in [0.29, 0.717) is 28.8 Å². The van der Waals surface area contributed by atoms with Crippen molar-refractivity contribution in [2.45, 2.75) is 66.1 Å². The molecule has 1 aliphatic heterocycles. The average Bonchev–Trinajstić information content (AvgIpc) is 2.56. The van der Waals surface area contributed by atoms with Crippen LogP contribution in [0.15, 0.2) is 0 Å². The van der Waals surface area contributed by atoms with Crippen LogP contribution in [-0.4, -0.2) is 29.6 Å². The normalized spacial score (nSPS) is 43.3. The summed E-state index contributed by atoms with van der Waals surface area (Å²) in [5, 5.41) is 0. The van der Waals surface area contributed by atoms with E-state index in [9.17, 15) is 0 Å². The Morgan fingerprint density at radius 2 is 1.56 bits per heavy atom. The largest absolute Gasteiger partial charge is 0.327 e. The molecule has 1 heterocycles. The molecule has 2 rings (SSSR count). The van der Waals surface area contributed by atoms with E-state index in [1.54, 1.807) is 0 Å². The van der Waals surface area contributed by atoms with Crippen LogP contribution in [-0.2, 0) is 0 Å². The van der Waals surface area contributed by atoms with E-state index in [4.69, 9.17) is 5.73 Å². The molecule has 0 aromatic rings. The summed E-state index contributed by atoms with van der Waals surface area (Å²) < 4.78 is 0. The van der Waals surface area contributed by atoms with Crippen LogP contribution in [0.25, 0.3) is 0 Å². The van der Waals surface area contributed by atoms with Crippen LogP contribution in [0.2, 0.25) is 0 Å². The SMILES string of the molecule is CC1C(N)CCN(C2C(C)(C)C2(C)C)C1C. The number of piperidine rings is 1. The molecule has 2 aliphatic rings. The highest BCUT2D eigenvalue weighted by Crippen LogP contribution is 2.66. The highest BCUT2D eigenvalue weighted by molar-refractivity contribution is 5.19. The minimum Gasteiger partial charge on any atom is -0.327 e. The lowest BCUT2D eigenvalue weighted by Crippen LogP contribution is -2.53. The van der Waals surface area contributed by atoms with Crippen molar-refractivity contribution < 1.29 is 0 Å². The first-order valence-electron chi connectivity index (χ1n) is 6.72. The van der Waals surface area contributed by atoms with Crippen LogP contribution in [0.1, 0.15) is 48.0 Å². The van der Waals surface area contributed by atoms with Crippen molar-refractivity contribution in [3.63, 3.8) is 0 Å². The van der Waals surface area contributed by atoms with Gasteiger partial charge < -0.3 is 5.73 Å². The second-order valence-electron chi connectivity index (χ2n) is 7.14. The zero-order valence-electron chi connectivity index (χ0n) is 11.7. The summed E-state index contributed by atoms with van der Waals surface area (Å²) in [5.74, 6) is 0.626. The molecule has 0 aromatic heterocycles. The predicted octanol–water partition coefficient (Wildman–Crippen LogP) is 2.48. The fourth-order valence-electron chi connectivity index (χ4n) is 3.78. The molecule has 0 amide bonds. The fraction of sp³-hybridized carbons (Fsp3) is 1.00. The Balaban J connectivity index is 2.13. The van der Waals surface area contributed by atoms with Gasteiger partial charge in [-0.3, -0.25) is 4.90 Å². The van der Waals surface area contributed by atoms with Gasteiger partial charge in [-0.2, -0.15) is 0 Å². The van der Waals surface area contributed by atoms with E-state index in [2.05, 4.69) is 46.4 Å². The molecular weight excluding hydrogens is 196 g/mol. The third kappa shape index (κ3) is 1.46. The Bertz CT molecular complexity index is 268. The molecule has 0 radical (unpaired) electrons. The summed E-state index contributed by atoms with van der Waals surface area (Å²) >= 11 is 0. The zero-order chi connectivity index (χ0) is 12.3. The lowest BCUT2D eigenvalue weighted by molar-refractivity contribution is 0.0731. The number of likely N-dealkylation sites (tertiary alicyclic amines) is 1. The van der Waals surface area contributed by atoms with Crippen molar-refractivity contribution in [2.75, 3.05) is 6.54 Å². The van der Waals surface area contributed by atoms with E-state index in [1.165, 1.54) is 6.54 Å². The Labute approximate surface area is 101 Å². The van der Waals surface area contributed by atoms with Crippen molar-refractivity contribution >= 4 is 0 Å². The smallest absolute Gasteiger partial charge is 0.0212 e. The Kier molecular flexibility index (Phi) is 2.67. The van der Waals surface area contributed by atoms with Gasteiger partial charge in [-0.05, 0) is 30.1 Å². The summed E-state index contributed by atoms with van der Waals surface area (Å²) in [7, 11) is 0. The monoisotopic (exact) mass is 224 g/mol. The minimum absolute atomic E-state index is 0.399. The van der Waals surface area contributed by atoms with Crippen LogP contribution >= 0.6 is 0 Å². The highest BCUT2D eigenvalue weighted by atomic mass is 15.3. The van der Waals surface area contributed by atoms with E-state index in [1.807, 2.05) is 0 Å². The van der Waals surface area contributed by atoms with Crippen molar-refractivity contribution in [3.8, 4) is 0 Å². The zero-order valence-corrected chi connectivity index (χ0v) is 11.7. The van der Waals surface area contributed by atoms with Crippen LogP contribution < -0.4 is 5.73 Å². The van der Waals surface area contributed by atoms with Gasteiger partial charge in [-0.25, -0.2) is 0 Å². The van der Waals surface area contributed by atoms with Gasteiger partial charge in [0, 0.05) is 24.7 Å². The van der Waals surface area contributed by atoms with Crippen molar-refractivity contribution in [1.82, 2.24) is 4.90 Å². The van der Waals surface area contributed by atoms with E-state index >= 15 is 0 Å². The molecule has 0 aromatic carbocycles. The molecule has 3 unspecified atom stereocenters. The summed E-state index contributed by atoms with van der Waals surface area (Å²) in [6, 6.07) is 1.77. The Hall–Kier alpha value is -0.0800. The van der Waals surface area contributed by atoms with Gasteiger partial charge in [0.1, 0.15) is 0 Å². The predicted molar refractivity (Wildman–Crippen MR) is 69.3 cm³/mol. The van der Waals surface area contributed by atoms with Gasteiger partial charge in [0.25, 0.3) is 0 Å². The molecule has 0 bridgehead atoms. The maximum atomic E-state index is 6.16. The number of rotatable bonds is 1. The van der Waals surface area contributed by atoms with E-state index < -0.39 is 0 Å². The summed E-state index contributed by atoms with van der Waals surface area (Å²) in [6.07, 6.45) is 1.16. The van der Waals surface area contributed by atoms with Crippen LogP contribution in [0.4, 0.5) is 0 Å². The van der Waals surface area contributed by atoms with Gasteiger partial charge in [-0.15, -0.1) is 0 Å². The average molecular weight is 224 g/mol. The van der Waals surface area contributed by atoms with Gasteiger partial charge in [0.2, 0.25) is 0 Å². The lowest BCUT2D eigenvalue weighted by Gasteiger charge is -2.42. The topological polar surface area (TPSA) is 29.3 Å². The lowest BCUT2D eigenvalue weighted by atomic mass is 9.87. The molecule has 1 aliphatic carbocycles. The molecule has 2 fully saturated rings. The van der Waals surface area contributed by atoms with Crippen molar-refractivity contribution in [3.05, 3.63) is 0 Å². The molecule has 3 atom stereocenters. The van der Waals surface area contributed by atoms with Gasteiger partial charge >= 0.3 is 0 Å². The van der Waals surface area contributed by atoms with E-state index in [0.717, 1.165) is 12.5 Å². The van der Waals surface area contributed by atoms with Gasteiger partial charge in [-0.1, -0.05) is 34.6 Å². The molecule has 1 saturated carbocycles. The molecule has 2 heteroatoms. The summed E-state index contributed by atoms with van der Waals surface area (Å²) in [6.45, 7) is 15.5. The maximum Gasteiger partial charge on any atom is 0.0212 e. The molecule has 0 spiro atoms. The van der Waals surface area contributed by atoms with E-state index in [-0.39, 0.29) is 0 Å². The second kappa shape index (κ2) is 3.46. The highest BCUT2D eigenvalue weighted by Gasteiger charge is 2.67. The van der Waals surface area contributed by atoms with Crippen LogP contribution in [0.5, 0.6) is 0 Å². The molecule has 2 N–H and O–H groups in total. The molecule has 2 nitrogen and oxygen atoms in total. The third-order valence-corrected chi connectivity index (χ3v) is 5.96. The maximum absolute atomic E-state index is 6.16. The fourth-order valence-corrected chi connectivity index (χ4v) is 3.78. The molecular formula is C14H28N2. The molecule has 16 heavy (non-hydrogen) atoms. The first kappa shape index (κ1) is 12.4. The summed E-state index contributed by atoms with van der Waals surface area (Å²) in [4.78, 5) is 2.72. The molecule has 1 saturated heterocycles. The van der Waals surface area contributed by atoms with Gasteiger partial charge in [0.15, 0.2) is 0 Å². The van der Waals surface area contributed by atoms with Crippen molar-refractivity contribution in [1.29, 1.82) is 0 Å². The number of nitrogens with two attached hydrogens (primary N) is 1. The quantitative estimate of drug-likeness (QED) is 0.741. The number of hydrogen-bond donors (Lipinski definition) is 1. The van der Waals surface area contributed by atoms with Crippen molar-refractivity contribution in [2.24, 2.45) is 22.5 Å². The standard InChI is InChI=1S/C14H28N2/c1-9-10(2)16(8-7-11(9)15)12-13(3,4)14(12,5)6/h9-12H,7-8,15H2,1-6H3. The van der Waals surface area contributed by atoms with Crippen LogP contribution in [0, 0.1) is 16.7 Å². The summed E-state index contributed by atoms with van der Waals surface area (Å²) in [5.41, 5.74) is 7.08. The first-order valence-corrected chi connectivity index (χ1v) is 6.72.